The van der Waals surface area contributed by atoms with Crippen LogP contribution >= 0.6 is 11.3 Å². The monoisotopic (exact) mass is 641 g/mol. The molecular weight excluding hydrogens is 600 g/mol. The van der Waals surface area contributed by atoms with Gasteiger partial charge >= 0.3 is 0 Å². The smallest absolute Gasteiger partial charge is 0.272 e. The molecule has 2 amide bonds. The number of amides is 2. The first kappa shape index (κ1) is 34.1. The van der Waals surface area contributed by atoms with Crippen molar-refractivity contribution in [3.63, 3.8) is 0 Å². The van der Waals surface area contributed by atoms with E-state index < -0.39 is 17.9 Å². The van der Waals surface area contributed by atoms with Crippen molar-refractivity contribution in [2.75, 3.05) is 25.0 Å². The molecule has 0 saturated carbocycles. The van der Waals surface area contributed by atoms with E-state index in [9.17, 15) is 23.6 Å². The van der Waals surface area contributed by atoms with Crippen LogP contribution < -0.4 is 10.6 Å². The Labute approximate surface area is 266 Å². The zero-order valence-electron chi connectivity index (χ0n) is 26.6. The number of thiophene rings is 1. The number of halogens is 2. The first-order valence-electron chi connectivity index (χ1n) is 15.0. The summed E-state index contributed by atoms with van der Waals surface area (Å²) in [6.45, 7) is 14.4. The minimum atomic E-state index is -2.67. The van der Waals surface area contributed by atoms with E-state index in [0.717, 1.165) is 29.9 Å². The lowest BCUT2D eigenvalue weighted by Gasteiger charge is -2.27. The molecule has 0 aromatic carbocycles. The highest BCUT2D eigenvalue weighted by Gasteiger charge is 2.33. The number of rotatable bonds is 12. The van der Waals surface area contributed by atoms with E-state index >= 15 is 0 Å². The number of alkyl halides is 2. The van der Waals surface area contributed by atoms with Crippen LogP contribution in [0.4, 0.5) is 14.7 Å². The number of ether oxygens (including phenoxy) is 1. The van der Waals surface area contributed by atoms with Crippen LogP contribution in [0.1, 0.15) is 80.9 Å². The number of carbonyl (C=O) groups is 2. The van der Waals surface area contributed by atoms with Gasteiger partial charge in [0.2, 0.25) is 5.95 Å². The normalized spacial score (nSPS) is 16.0. The maximum atomic E-state index is 13.6. The largest absolute Gasteiger partial charge is 0.372 e. The quantitative estimate of drug-likeness (QED) is 0.182. The standard InChI is InChI=1S/C32H41F2N7O3S/c1-7-44-32(5,6)14-21(15-35)29(43)40-12-8-9-22(40)18-41-27-23(13-20(17-37-27)16-36-19-31(2,3)4)38-30(41)39-28(42)25-11-10-24(45-25)26(33)34/h10-11,13-14,17,22,26,36H,7-9,12,16,18-19H2,1-6H3,(H,38,39,42)/b21-14+. The van der Waals surface area contributed by atoms with Crippen LogP contribution in [0.25, 0.3) is 11.2 Å². The topological polar surface area (TPSA) is 125 Å². The second-order valence-corrected chi connectivity index (χ2v) is 14.0. The second kappa shape index (κ2) is 14.1. The molecule has 3 aromatic rings. The molecule has 13 heteroatoms. The van der Waals surface area contributed by atoms with Crippen LogP contribution in [0.15, 0.2) is 36.0 Å². The first-order chi connectivity index (χ1) is 21.2. The fourth-order valence-electron chi connectivity index (χ4n) is 5.32. The van der Waals surface area contributed by atoms with E-state index in [1.165, 1.54) is 12.1 Å². The Morgan fingerprint density at radius 3 is 2.67 bits per heavy atom. The van der Waals surface area contributed by atoms with E-state index in [4.69, 9.17) is 4.74 Å². The number of nitriles is 1. The van der Waals surface area contributed by atoms with Crippen molar-refractivity contribution < 1.29 is 23.1 Å². The van der Waals surface area contributed by atoms with Crippen molar-refractivity contribution in [1.82, 2.24) is 24.8 Å². The Kier molecular flexibility index (Phi) is 10.7. The first-order valence-corrected chi connectivity index (χ1v) is 15.9. The number of hydrogen-bond donors (Lipinski definition) is 2. The third-order valence-electron chi connectivity index (χ3n) is 7.31. The number of imidazole rings is 1. The fourth-order valence-corrected chi connectivity index (χ4v) is 6.08. The molecule has 1 atom stereocenters. The Bertz CT molecular complexity index is 1600. The maximum Gasteiger partial charge on any atom is 0.272 e. The summed E-state index contributed by atoms with van der Waals surface area (Å²) in [5.74, 6) is -0.758. The van der Waals surface area contributed by atoms with Gasteiger partial charge in [0.1, 0.15) is 17.2 Å². The van der Waals surface area contributed by atoms with Gasteiger partial charge in [-0.2, -0.15) is 5.26 Å². The molecule has 45 heavy (non-hydrogen) atoms. The van der Waals surface area contributed by atoms with Gasteiger partial charge < -0.3 is 15.0 Å². The average Bonchev–Trinajstić information content (AvgIpc) is 3.70. The molecule has 10 nitrogen and oxygen atoms in total. The van der Waals surface area contributed by atoms with Gasteiger partial charge in [0.05, 0.1) is 21.4 Å². The number of anilines is 1. The summed E-state index contributed by atoms with van der Waals surface area (Å²) >= 11 is 0.722. The number of likely N-dealkylation sites (tertiary alicyclic amines) is 1. The van der Waals surface area contributed by atoms with Gasteiger partial charge in [0, 0.05) is 39.0 Å². The summed E-state index contributed by atoms with van der Waals surface area (Å²) in [7, 11) is 0. The lowest BCUT2D eigenvalue weighted by Crippen LogP contribution is -2.39. The van der Waals surface area contributed by atoms with Crippen LogP contribution in [0.2, 0.25) is 0 Å². The molecule has 1 aliphatic rings. The zero-order chi connectivity index (χ0) is 32.9. The SMILES string of the molecule is CCOC(C)(C)/C=C(\C#N)C(=O)N1CCCC1Cn1c(NC(=O)c2ccc(C(F)F)s2)nc2cc(CNCC(C)(C)C)cnc21. The number of nitrogens with one attached hydrogen (secondary N) is 2. The van der Waals surface area contributed by atoms with E-state index in [1.54, 1.807) is 35.6 Å². The van der Waals surface area contributed by atoms with Crippen LogP contribution in [0.5, 0.6) is 0 Å². The molecule has 242 valence electrons. The van der Waals surface area contributed by atoms with E-state index in [0.29, 0.717) is 37.3 Å². The van der Waals surface area contributed by atoms with Crippen molar-refractivity contribution in [1.29, 1.82) is 5.26 Å². The lowest BCUT2D eigenvalue weighted by atomic mass is 9.97. The van der Waals surface area contributed by atoms with E-state index in [-0.39, 0.29) is 45.2 Å². The number of fused-ring (bicyclic) bond motifs is 1. The summed E-state index contributed by atoms with van der Waals surface area (Å²) in [6.07, 6.45) is 2.04. The molecule has 1 unspecified atom stereocenters. The number of carbonyl (C=O) groups excluding carboxylic acids is 2. The fraction of sp³-hybridized carbons (Fsp3) is 0.531. The van der Waals surface area contributed by atoms with Gasteiger partial charge in [-0.25, -0.2) is 18.7 Å². The van der Waals surface area contributed by atoms with Gasteiger partial charge in [0.25, 0.3) is 18.2 Å². The summed E-state index contributed by atoms with van der Waals surface area (Å²) in [5.41, 5.74) is 1.28. The zero-order valence-corrected chi connectivity index (χ0v) is 27.4. The van der Waals surface area contributed by atoms with Crippen LogP contribution in [0.3, 0.4) is 0 Å². The Morgan fingerprint density at radius 1 is 1.27 bits per heavy atom. The Hall–Kier alpha value is -3.73. The lowest BCUT2D eigenvalue weighted by molar-refractivity contribution is -0.127. The van der Waals surface area contributed by atoms with Gasteiger partial charge in [-0.1, -0.05) is 20.8 Å². The molecule has 4 heterocycles. The minimum absolute atomic E-state index is 0.00224. The summed E-state index contributed by atoms with van der Waals surface area (Å²) in [5, 5.41) is 16.1. The molecule has 3 aromatic heterocycles. The predicted octanol–water partition coefficient (Wildman–Crippen LogP) is 6.07. The van der Waals surface area contributed by atoms with Crippen molar-refractivity contribution in [3.05, 3.63) is 51.4 Å². The molecule has 2 N–H and O–H groups in total. The van der Waals surface area contributed by atoms with Crippen LogP contribution in [-0.4, -0.2) is 62.6 Å². The van der Waals surface area contributed by atoms with Crippen LogP contribution in [-0.2, 0) is 22.6 Å². The van der Waals surface area contributed by atoms with Crippen molar-refractivity contribution in [2.24, 2.45) is 5.41 Å². The number of nitrogens with zero attached hydrogens (tertiary/aromatic N) is 5. The highest BCUT2D eigenvalue weighted by Crippen LogP contribution is 2.29. The van der Waals surface area contributed by atoms with Gasteiger partial charge in [-0.05, 0) is 68.9 Å². The summed E-state index contributed by atoms with van der Waals surface area (Å²) in [4.78, 5) is 37.7. The molecule has 1 saturated heterocycles. The van der Waals surface area contributed by atoms with E-state index in [1.807, 2.05) is 19.1 Å². The van der Waals surface area contributed by atoms with Crippen LogP contribution in [0, 0.1) is 16.7 Å². The van der Waals surface area contributed by atoms with Crippen molar-refractivity contribution in [2.45, 2.75) is 85.5 Å². The summed E-state index contributed by atoms with van der Waals surface area (Å²) in [6, 6.07) is 6.23. The molecule has 0 aliphatic carbocycles. The second-order valence-electron chi connectivity index (χ2n) is 12.9. The number of pyridine rings is 1. The van der Waals surface area contributed by atoms with Gasteiger partial charge in [-0.3, -0.25) is 19.5 Å². The molecule has 0 radical (unpaired) electrons. The molecule has 4 rings (SSSR count). The summed E-state index contributed by atoms with van der Waals surface area (Å²) < 4.78 is 33.8. The maximum absolute atomic E-state index is 13.6. The highest BCUT2D eigenvalue weighted by atomic mass is 32.1. The molecule has 1 fully saturated rings. The van der Waals surface area contributed by atoms with Crippen molar-refractivity contribution >= 4 is 40.3 Å². The van der Waals surface area contributed by atoms with Gasteiger partial charge in [0.15, 0.2) is 5.65 Å². The molecule has 0 bridgehead atoms. The molecular formula is C32H41F2N7O3S. The van der Waals surface area contributed by atoms with Gasteiger partial charge in [-0.15, -0.1) is 11.3 Å². The number of aromatic nitrogens is 3. The number of hydrogen-bond acceptors (Lipinski definition) is 8. The highest BCUT2D eigenvalue weighted by molar-refractivity contribution is 7.14. The molecule has 1 aliphatic heterocycles. The van der Waals surface area contributed by atoms with E-state index in [2.05, 4.69) is 41.4 Å². The Morgan fingerprint density at radius 2 is 2.02 bits per heavy atom. The Balaban J connectivity index is 1.65. The third kappa shape index (κ3) is 8.71. The average molecular weight is 642 g/mol. The van der Waals surface area contributed by atoms with Crippen molar-refractivity contribution in [3.8, 4) is 6.07 Å². The third-order valence-corrected chi connectivity index (χ3v) is 8.40. The minimum Gasteiger partial charge on any atom is -0.372 e. The molecule has 0 spiro atoms. The predicted molar refractivity (Wildman–Crippen MR) is 170 cm³/mol.